The van der Waals surface area contributed by atoms with Crippen molar-refractivity contribution < 1.29 is 9.59 Å². The molecule has 0 radical (unpaired) electrons. The first-order valence-corrected chi connectivity index (χ1v) is 14.1. The molecule has 1 aliphatic carbocycles. The van der Waals surface area contributed by atoms with Crippen LogP contribution in [0.5, 0.6) is 0 Å². The van der Waals surface area contributed by atoms with E-state index in [1.165, 1.54) is 6.42 Å². The number of rotatable bonds is 9. The Kier molecular flexibility index (Phi) is 9.56. The van der Waals surface area contributed by atoms with Crippen molar-refractivity contribution in [2.75, 3.05) is 0 Å². The Morgan fingerprint density at radius 2 is 1.62 bits per heavy atom. The minimum absolute atomic E-state index is 0.0312. The maximum Gasteiger partial charge on any atom is 0.243 e. The first kappa shape index (κ1) is 27.1. The van der Waals surface area contributed by atoms with Crippen LogP contribution in [0.2, 0.25) is 0 Å². The van der Waals surface area contributed by atoms with Crippen molar-refractivity contribution in [1.82, 2.24) is 10.2 Å². The summed E-state index contributed by atoms with van der Waals surface area (Å²) < 4.78 is 0.986. The predicted octanol–water partition coefficient (Wildman–Crippen LogP) is 6.70. The number of carbonyl (C=O) groups excluding carboxylic acids is 2. The molecule has 0 bridgehead atoms. The molecule has 4 rings (SSSR count). The molecule has 194 valence electrons. The molecule has 0 aliphatic heterocycles. The summed E-state index contributed by atoms with van der Waals surface area (Å²) in [6.07, 6.45) is 6.27. The van der Waals surface area contributed by atoms with Gasteiger partial charge < -0.3 is 10.2 Å². The number of nitrogens with zero attached hydrogens (tertiary/aromatic N) is 1. The van der Waals surface area contributed by atoms with Crippen LogP contribution in [0.3, 0.4) is 0 Å². The first-order valence-electron chi connectivity index (χ1n) is 13.3. The van der Waals surface area contributed by atoms with Crippen molar-refractivity contribution in [3.05, 3.63) is 105 Å². The summed E-state index contributed by atoms with van der Waals surface area (Å²) in [5, 5.41) is 3.31. The SMILES string of the molecule is Cc1ccc(C)c(CC(=O)N(Cc2ccc(Br)cc2)[C@@H](Cc2ccccc2)C(=O)NC2CCCCC2)c1. The number of amides is 2. The normalized spacial score (nSPS) is 14.7. The van der Waals surface area contributed by atoms with Gasteiger partial charge in [0.15, 0.2) is 0 Å². The predicted molar refractivity (Wildman–Crippen MR) is 153 cm³/mol. The van der Waals surface area contributed by atoms with Crippen LogP contribution in [-0.4, -0.2) is 28.8 Å². The lowest BCUT2D eigenvalue weighted by molar-refractivity contribution is -0.141. The summed E-state index contributed by atoms with van der Waals surface area (Å²) in [5.41, 5.74) is 5.28. The van der Waals surface area contributed by atoms with Crippen molar-refractivity contribution in [2.45, 2.75) is 77.4 Å². The largest absolute Gasteiger partial charge is 0.352 e. The molecule has 4 nitrogen and oxygen atoms in total. The van der Waals surface area contributed by atoms with Crippen LogP contribution in [0, 0.1) is 13.8 Å². The van der Waals surface area contributed by atoms with Crippen molar-refractivity contribution in [1.29, 1.82) is 0 Å². The van der Waals surface area contributed by atoms with E-state index in [1.54, 1.807) is 4.90 Å². The summed E-state index contributed by atoms with van der Waals surface area (Å²) in [6, 6.07) is 23.8. The second-order valence-electron chi connectivity index (χ2n) is 10.3. The van der Waals surface area contributed by atoms with E-state index in [4.69, 9.17) is 0 Å². The minimum atomic E-state index is -0.592. The van der Waals surface area contributed by atoms with Gasteiger partial charge in [-0.3, -0.25) is 9.59 Å². The van der Waals surface area contributed by atoms with E-state index < -0.39 is 6.04 Å². The zero-order valence-corrected chi connectivity index (χ0v) is 23.5. The van der Waals surface area contributed by atoms with Gasteiger partial charge in [-0.15, -0.1) is 0 Å². The van der Waals surface area contributed by atoms with Gasteiger partial charge >= 0.3 is 0 Å². The Morgan fingerprint density at radius 3 is 2.32 bits per heavy atom. The molecular formula is C32H37BrN2O2. The molecule has 1 fully saturated rings. The Bertz CT molecular complexity index is 1190. The Labute approximate surface area is 229 Å². The summed E-state index contributed by atoms with van der Waals surface area (Å²) in [6.45, 7) is 4.47. The smallest absolute Gasteiger partial charge is 0.243 e. The van der Waals surface area contributed by atoms with Crippen LogP contribution in [0.25, 0.3) is 0 Å². The van der Waals surface area contributed by atoms with Gasteiger partial charge in [0.25, 0.3) is 0 Å². The summed E-state index contributed by atoms with van der Waals surface area (Å²) in [5.74, 6) is -0.0847. The maximum absolute atomic E-state index is 14.0. The van der Waals surface area contributed by atoms with Crippen LogP contribution < -0.4 is 5.32 Å². The number of nitrogens with one attached hydrogen (secondary N) is 1. The first-order chi connectivity index (χ1) is 17.9. The molecule has 1 saturated carbocycles. The van der Waals surface area contributed by atoms with E-state index in [-0.39, 0.29) is 24.3 Å². The van der Waals surface area contributed by atoms with E-state index in [0.29, 0.717) is 13.0 Å². The van der Waals surface area contributed by atoms with Gasteiger partial charge in [-0.1, -0.05) is 101 Å². The average Bonchev–Trinajstić information content (AvgIpc) is 2.90. The number of carbonyl (C=O) groups is 2. The van der Waals surface area contributed by atoms with Gasteiger partial charge in [0, 0.05) is 23.5 Å². The second-order valence-corrected chi connectivity index (χ2v) is 11.2. The standard InChI is InChI=1S/C32H37BrN2O2/c1-23-13-14-24(2)27(19-23)21-31(36)35(22-26-15-17-28(33)18-16-26)30(20-25-9-5-3-6-10-25)32(37)34-29-11-7-4-8-12-29/h3,5-6,9-10,13-19,29-30H,4,7-8,11-12,20-22H2,1-2H3,(H,34,37)/t30-/m0/s1. The van der Waals surface area contributed by atoms with E-state index in [1.807, 2.05) is 68.4 Å². The highest BCUT2D eigenvalue weighted by molar-refractivity contribution is 9.10. The molecule has 37 heavy (non-hydrogen) atoms. The molecule has 3 aromatic carbocycles. The van der Waals surface area contributed by atoms with Crippen LogP contribution in [0.1, 0.15) is 59.9 Å². The van der Waals surface area contributed by atoms with Gasteiger partial charge in [-0.05, 0) is 61.1 Å². The molecule has 1 N–H and O–H groups in total. The number of halogens is 1. The molecule has 5 heteroatoms. The number of aryl methyl sites for hydroxylation is 2. The molecule has 0 spiro atoms. The third-order valence-corrected chi connectivity index (χ3v) is 7.86. The average molecular weight is 562 g/mol. The number of hydrogen-bond acceptors (Lipinski definition) is 2. The van der Waals surface area contributed by atoms with Crippen LogP contribution in [0.15, 0.2) is 77.3 Å². The third kappa shape index (κ3) is 7.78. The lowest BCUT2D eigenvalue weighted by Crippen LogP contribution is -2.53. The Morgan fingerprint density at radius 1 is 0.919 bits per heavy atom. The summed E-state index contributed by atoms with van der Waals surface area (Å²) >= 11 is 3.51. The summed E-state index contributed by atoms with van der Waals surface area (Å²) in [4.78, 5) is 29.7. The highest BCUT2D eigenvalue weighted by atomic mass is 79.9. The van der Waals surface area contributed by atoms with Gasteiger partial charge in [0.05, 0.1) is 6.42 Å². The van der Waals surface area contributed by atoms with Gasteiger partial charge in [0.2, 0.25) is 11.8 Å². The molecule has 2 amide bonds. The van der Waals surface area contributed by atoms with Crippen molar-refractivity contribution in [3.63, 3.8) is 0 Å². The number of hydrogen-bond donors (Lipinski definition) is 1. The zero-order valence-electron chi connectivity index (χ0n) is 21.9. The molecule has 1 aliphatic rings. The zero-order chi connectivity index (χ0) is 26.2. The molecule has 0 aromatic heterocycles. The van der Waals surface area contributed by atoms with Gasteiger partial charge in [0.1, 0.15) is 6.04 Å². The molecule has 0 heterocycles. The third-order valence-electron chi connectivity index (χ3n) is 7.34. The Balaban J connectivity index is 1.67. The van der Waals surface area contributed by atoms with Crippen LogP contribution in [0.4, 0.5) is 0 Å². The lowest BCUT2D eigenvalue weighted by atomic mass is 9.94. The van der Waals surface area contributed by atoms with Crippen molar-refractivity contribution in [3.8, 4) is 0 Å². The van der Waals surface area contributed by atoms with Gasteiger partial charge in [-0.25, -0.2) is 0 Å². The molecule has 1 atom stereocenters. The monoisotopic (exact) mass is 560 g/mol. The topological polar surface area (TPSA) is 49.4 Å². The minimum Gasteiger partial charge on any atom is -0.352 e. The maximum atomic E-state index is 14.0. The highest BCUT2D eigenvalue weighted by Gasteiger charge is 2.32. The van der Waals surface area contributed by atoms with Crippen molar-refractivity contribution in [2.24, 2.45) is 0 Å². The van der Waals surface area contributed by atoms with E-state index >= 15 is 0 Å². The number of benzene rings is 3. The fourth-order valence-electron chi connectivity index (χ4n) is 5.14. The quantitative estimate of drug-likeness (QED) is 0.316. The van der Waals surface area contributed by atoms with E-state index in [0.717, 1.165) is 58.0 Å². The van der Waals surface area contributed by atoms with E-state index in [2.05, 4.69) is 39.4 Å². The second kappa shape index (κ2) is 13.0. The lowest BCUT2D eigenvalue weighted by Gasteiger charge is -2.33. The fourth-order valence-corrected chi connectivity index (χ4v) is 5.40. The molecule has 0 saturated heterocycles. The Hall–Kier alpha value is -2.92. The van der Waals surface area contributed by atoms with Crippen LogP contribution >= 0.6 is 15.9 Å². The van der Waals surface area contributed by atoms with Crippen LogP contribution in [-0.2, 0) is 29.0 Å². The highest BCUT2D eigenvalue weighted by Crippen LogP contribution is 2.22. The molecule has 0 unspecified atom stereocenters. The van der Waals surface area contributed by atoms with E-state index in [9.17, 15) is 9.59 Å². The van der Waals surface area contributed by atoms with Crippen molar-refractivity contribution >= 4 is 27.7 Å². The molecule has 3 aromatic rings. The molecular weight excluding hydrogens is 524 g/mol. The van der Waals surface area contributed by atoms with Gasteiger partial charge in [-0.2, -0.15) is 0 Å². The summed E-state index contributed by atoms with van der Waals surface area (Å²) in [7, 11) is 0. The fraction of sp³-hybridized carbons (Fsp3) is 0.375.